The zero-order valence-electron chi connectivity index (χ0n) is 18.0. The van der Waals surface area contributed by atoms with E-state index >= 15 is 0 Å². The summed E-state index contributed by atoms with van der Waals surface area (Å²) in [5.74, 6) is -0.00237. The average Bonchev–Trinajstić information content (AvgIpc) is 3.45. The van der Waals surface area contributed by atoms with Crippen molar-refractivity contribution in [3.63, 3.8) is 0 Å². The highest BCUT2D eigenvalue weighted by atomic mass is 32.2. The Hall–Kier alpha value is -2.61. The Labute approximate surface area is 192 Å². The van der Waals surface area contributed by atoms with Crippen molar-refractivity contribution in [1.82, 2.24) is 4.90 Å². The molecule has 3 fully saturated rings. The molecule has 2 aromatic carbocycles. The first-order valence-electron chi connectivity index (χ1n) is 11.2. The van der Waals surface area contributed by atoms with Gasteiger partial charge in [-0.3, -0.25) is 9.69 Å². The largest absolute Gasteiger partial charge is 0.378 e. The number of amides is 1. The molecule has 6 nitrogen and oxygen atoms in total. The quantitative estimate of drug-likeness (QED) is 0.637. The predicted molar refractivity (Wildman–Crippen MR) is 129 cm³/mol. The lowest BCUT2D eigenvalue weighted by Gasteiger charge is -2.28. The highest BCUT2D eigenvalue weighted by Gasteiger charge is 2.35. The van der Waals surface area contributed by atoms with E-state index in [0.29, 0.717) is 16.6 Å². The summed E-state index contributed by atoms with van der Waals surface area (Å²) in [6.07, 6.45) is 4.07. The number of thioether (sulfide) groups is 1. The van der Waals surface area contributed by atoms with Gasteiger partial charge in [-0.15, -0.1) is 0 Å². The van der Waals surface area contributed by atoms with E-state index in [1.165, 1.54) is 17.4 Å². The summed E-state index contributed by atoms with van der Waals surface area (Å²) in [4.78, 5) is 22.9. The van der Waals surface area contributed by atoms with E-state index in [0.717, 1.165) is 57.0 Å². The number of aliphatic imine (C=N–C) groups is 1. The third-order valence-corrected chi connectivity index (χ3v) is 6.85. The molecule has 0 aliphatic carbocycles. The van der Waals surface area contributed by atoms with E-state index in [1.807, 2.05) is 36.4 Å². The number of hydrogen-bond donors (Lipinski definition) is 0. The number of ether oxygens (including phenoxy) is 2. The van der Waals surface area contributed by atoms with Crippen molar-refractivity contribution < 1.29 is 14.3 Å². The molecule has 166 valence electrons. The molecule has 0 saturated carbocycles. The van der Waals surface area contributed by atoms with Crippen LogP contribution in [0.4, 0.5) is 11.4 Å². The Kier molecular flexibility index (Phi) is 6.57. The van der Waals surface area contributed by atoms with Crippen LogP contribution in [0.25, 0.3) is 6.08 Å². The normalized spacial score (nSPS) is 24.1. The van der Waals surface area contributed by atoms with E-state index in [9.17, 15) is 4.79 Å². The molecule has 32 heavy (non-hydrogen) atoms. The molecule has 0 unspecified atom stereocenters. The molecule has 5 rings (SSSR count). The molecule has 0 N–H and O–H groups in total. The molecule has 0 radical (unpaired) electrons. The Bertz CT molecular complexity index is 995. The molecule has 2 aromatic rings. The molecule has 0 spiro atoms. The van der Waals surface area contributed by atoms with Crippen LogP contribution in [0.5, 0.6) is 0 Å². The predicted octanol–water partition coefficient (Wildman–Crippen LogP) is 4.31. The van der Waals surface area contributed by atoms with Gasteiger partial charge in [0.15, 0.2) is 5.17 Å². The monoisotopic (exact) mass is 449 g/mol. The number of hydrogen-bond acceptors (Lipinski definition) is 6. The summed E-state index contributed by atoms with van der Waals surface area (Å²) < 4.78 is 11.2. The topological polar surface area (TPSA) is 54.4 Å². The van der Waals surface area contributed by atoms with Gasteiger partial charge in [-0.05, 0) is 60.5 Å². The minimum atomic E-state index is -0.00237. The molecule has 0 bridgehead atoms. The van der Waals surface area contributed by atoms with Gasteiger partial charge in [0.2, 0.25) is 0 Å². The minimum Gasteiger partial charge on any atom is -0.378 e. The molecular weight excluding hydrogens is 422 g/mol. The van der Waals surface area contributed by atoms with Crippen LogP contribution in [0.3, 0.4) is 0 Å². The highest BCUT2D eigenvalue weighted by molar-refractivity contribution is 8.18. The molecule has 1 amide bonds. The number of anilines is 1. The van der Waals surface area contributed by atoms with Crippen LogP contribution in [-0.2, 0) is 14.3 Å². The number of benzene rings is 2. The minimum absolute atomic E-state index is 0.00237. The van der Waals surface area contributed by atoms with E-state index in [1.54, 1.807) is 4.90 Å². The zero-order chi connectivity index (χ0) is 21.8. The first-order valence-corrected chi connectivity index (χ1v) is 12.0. The maximum atomic E-state index is 13.3. The molecule has 3 saturated heterocycles. The van der Waals surface area contributed by atoms with Gasteiger partial charge in [0.25, 0.3) is 5.91 Å². The highest BCUT2D eigenvalue weighted by Crippen LogP contribution is 2.35. The zero-order valence-corrected chi connectivity index (χ0v) is 18.8. The van der Waals surface area contributed by atoms with E-state index in [2.05, 4.69) is 29.2 Å². The fourth-order valence-corrected chi connectivity index (χ4v) is 5.12. The maximum absolute atomic E-state index is 13.3. The van der Waals surface area contributed by atoms with Crippen LogP contribution in [-0.4, -0.2) is 61.5 Å². The van der Waals surface area contributed by atoms with Crippen molar-refractivity contribution in [2.45, 2.75) is 18.9 Å². The summed E-state index contributed by atoms with van der Waals surface area (Å²) in [6, 6.07) is 18.2. The van der Waals surface area contributed by atoms with Gasteiger partial charge in [0.1, 0.15) is 0 Å². The lowest BCUT2D eigenvalue weighted by molar-refractivity contribution is -0.123. The Balaban J connectivity index is 1.37. The second kappa shape index (κ2) is 9.90. The van der Waals surface area contributed by atoms with Crippen molar-refractivity contribution in [3.8, 4) is 0 Å². The van der Waals surface area contributed by atoms with E-state index < -0.39 is 0 Å². The molecule has 3 aliphatic rings. The van der Waals surface area contributed by atoms with Gasteiger partial charge in [0.05, 0.1) is 36.5 Å². The van der Waals surface area contributed by atoms with Crippen molar-refractivity contribution in [2.75, 3.05) is 44.4 Å². The van der Waals surface area contributed by atoms with Gasteiger partial charge in [-0.2, -0.15) is 0 Å². The molecule has 7 heteroatoms. The Morgan fingerprint density at radius 1 is 1.03 bits per heavy atom. The van der Waals surface area contributed by atoms with Crippen LogP contribution in [0, 0.1) is 0 Å². The number of para-hydroxylation sites is 1. The SMILES string of the molecule is O=C1/C(=C/c2ccc(N3CCOCC3)cc2)SC(=Nc2ccccc2)N1C[C@H]1CCCO1. The molecule has 1 atom stereocenters. The molecule has 0 aromatic heterocycles. The van der Waals surface area contributed by atoms with Crippen molar-refractivity contribution in [2.24, 2.45) is 4.99 Å². The Morgan fingerprint density at radius 2 is 1.81 bits per heavy atom. The van der Waals surface area contributed by atoms with Crippen LogP contribution >= 0.6 is 11.8 Å². The van der Waals surface area contributed by atoms with Crippen molar-refractivity contribution in [3.05, 3.63) is 65.1 Å². The number of amidine groups is 1. The standard InChI is InChI=1S/C25H27N3O3S/c29-24-23(17-19-8-10-21(11-9-19)27-12-15-30-16-13-27)32-25(26-20-5-2-1-3-6-20)28(24)18-22-7-4-14-31-22/h1-3,5-6,8-11,17,22H,4,7,12-16,18H2/b23-17-,26-25?/t22-/m1/s1. The van der Waals surface area contributed by atoms with Gasteiger partial charge < -0.3 is 14.4 Å². The Morgan fingerprint density at radius 3 is 2.53 bits per heavy atom. The number of rotatable bonds is 5. The van der Waals surface area contributed by atoms with E-state index in [-0.39, 0.29) is 12.0 Å². The van der Waals surface area contributed by atoms with Crippen LogP contribution in [0.15, 0.2) is 64.5 Å². The summed E-state index contributed by atoms with van der Waals surface area (Å²) in [6.45, 7) is 4.66. The third-order valence-electron chi connectivity index (χ3n) is 5.85. The number of carbonyl (C=O) groups is 1. The fraction of sp³-hybridized carbons (Fsp3) is 0.360. The number of morpholine rings is 1. The lowest BCUT2D eigenvalue weighted by atomic mass is 10.1. The maximum Gasteiger partial charge on any atom is 0.266 e. The van der Waals surface area contributed by atoms with Gasteiger partial charge in [0, 0.05) is 25.4 Å². The summed E-state index contributed by atoms with van der Waals surface area (Å²) in [5, 5.41) is 0.716. The first-order chi connectivity index (χ1) is 15.8. The lowest BCUT2D eigenvalue weighted by Crippen LogP contribution is -2.36. The van der Waals surface area contributed by atoms with Gasteiger partial charge >= 0.3 is 0 Å². The van der Waals surface area contributed by atoms with Crippen molar-refractivity contribution in [1.29, 1.82) is 0 Å². The first kappa shape index (κ1) is 21.2. The summed E-state index contributed by atoms with van der Waals surface area (Å²) in [7, 11) is 0. The van der Waals surface area contributed by atoms with E-state index in [4.69, 9.17) is 14.5 Å². The molecule has 3 heterocycles. The molecular formula is C25H27N3O3S. The second-order valence-corrected chi connectivity index (χ2v) is 9.09. The van der Waals surface area contributed by atoms with Crippen LogP contribution in [0.1, 0.15) is 18.4 Å². The average molecular weight is 450 g/mol. The van der Waals surface area contributed by atoms with Gasteiger partial charge in [-0.1, -0.05) is 30.3 Å². The van der Waals surface area contributed by atoms with Gasteiger partial charge in [-0.25, -0.2) is 4.99 Å². The van der Waals surface area contributed by atoms with Crippen LogP contribution in [0.2, 0.25) is 0 Å². The number of carbonyl (C=O) groups excluding carboxylic acids is 1. The van der Waals surface area contributed by atoms with Crippen LogP contribution < -0.4 is 4.90 Å². The van der Waals surface area contributed by atoms with Crippen molar-refractivity contribution >= 4 is 40.3 Å². The third kappa shape index (κ3) is 4.90. The number of nitrogens with zero attached hydrogens (tertiary/aromatic N) is 3. The summed E-state index contributed by atoms with van der Waals surface area (Å²) in [5.41, 5.74) is 3.04. The smallest absolute Gasteiger partial charge is 0.266 e. The molecule has 3 aliphatic heterocycles. The fourth-order valence-electron chi connectivity index (χ4n) is 4.11. The summed E-state index contributed by atoms with van der Waals surface area (Å²) >= 11 is 1.44. The second-order valence-electron chi connectivity index (χ2n) is 8.08.